The Balaban J connectivity index is 2.22. The summed E-state index contributed by atoms with van der Waals surface area (Å²) in [4.78, 5) is 14.5. The molecule has 2 aromatic carbocycles. The highest BCUT2D eigenvalue weighted by atomic mass is 16.1. The fourth-order valence-corrected chi connectivity index (χ4v) is 3.54. The second kappa shape index (κ2) is 5.84. The van der Waals surface area contributed by atoms with E-state index < -0.39 is 0 Å². The predicted molar refractivity (Wildman–Crippen MR) is 96.9 cm³/mol. The molecule has 0 radical (unpaired) electrons. The van der Waals surface area contributed by atoms with Crippen LogP contribution in [0, 0.1) is 0 Å². The molecule has 0 atom stereocenters. The van der Waals surface area contributed by atoms with Crippen LogP contribution in [0.3, 0.4) is 0 Å². The van der Waals surface area contributed by atoms with E-state index in [4.69, 9.17) is 0 Å². The normalized spacial score (nSPS) is 16.1. The summed E-state index contributed by atoms with van der Waals surface area (Å²) in [5, 5.41) is 0. The molecular formula is C21H25NO. The minimum absolute atomic E-state index is 0.139. The minimum Gasteiger partial charge on any atom is -0.341 e. The molecule has 0 fully saturated rings. The van der Waals surface area contributed by atoms with Crippen molar-refractivity contribution in [1.82, 2.24) is 0 Å². The van der Waals surface area contributed by atoms with Crippen LogP contribution < -0.4 is 4.90 Å². The zero-order valence-electron chi connectivity index (χ0n) is 14.5. The van der Waals surface area contributed by atoms with Gasteiger partial charge >= 0.3 is 0 Å². The van der Waals surface area contributed by atoms with Crippen molar-refractivity contribution in [2.24, 2.45) is 0 Å². The molecule has 23 heavy (non-hydrogen) atoms. The Morgan fingerprint density at radius 3 is 2.48 bits per heavy atom. The third kappa shape index (κ3) is 2.78. The monoisotopic (exact) mass is 307 g/mol. The number of benzene rings is 2. The Labute approximate surface area is 139 Å². The molecule has 2 nitrogen and oxygen atoms in total. The zero-order valence-corrected chi connectivity index (χ0v) is 14.5. The molecule has 1 aliphatic heterocycles. The number of nitrogens with zero attached hydrogens (tertiary/aromatic N) is 1. The van der Waals surface area contributed by atoms with E-state index in [0.29, 0.717) is 0 Å². The van der Waals surface area contributed by atoms with Crippen molar-refractivity contribution in [1.29, 1.82) is 0 Å². The highest BCUT2D eigenvalue weighted by Crippen LogP contribution is 2.44. The second-order valence-electron chi connectivity index (χ2n) is 7.06. The Morgan fingerprint density at radius 2 is 1.87 bits per heavy atom. The first-order valence-electron chi connectivity index (χ1n) is 8.45. The lowest BCUT2D eigenvalue weighted by molar-refractivity contribution is 0.101. The van der Waals surface area contributed by atoms with Gasteiger partial charge in [0.15, 0.2) is 5.78 Å². The standard InChI is InChI=1S/C21H25NO/c1-5-16-13-19-20(14-18(16)15(2)23)22(12-11-21(19,3)4)17-9-7-6-8-10-17/h6-10,13-14H,5,11-12H2,1-4H3. The summed E-state index contributed by atoms with van der Waals surface area (Å²) in [5.41, 5.74) is 5.91. The van der Waals surface area contributed by atoms with Gasteiger partial charge in [0.05, 0.1) is 0 Å². The Kier molecular flexibility index (Phi) is 4.01. The SMILES string of the molecule is CCc1cc2c(cc1C(C)=O)N(c1ccccc1)CCC2(C)C. The molecule has 0 spiro atoms. The maximum absolute atomic E-state index is 12.1. The van der Waals surface area contributed by atoms with Crippen LogP contribution in [0.25, 0.3) is 0 Å². The minimum atomic E-state index is 0.139. The number of carbonyl (C=O) groups is 1. The maximum atomic E-state index is 12.1. The molecule has 1 aliphatic rings. The highest BCUT2D eigenvalue weighted by molar-refractivity contribution is 5.97. The van der Waals surface area contributed by atoms with Crippen molar-refractivity contribution in [3.63, 3.8) is 0 Å². The lowest BCUT2D eigenvalue weighted by atomic mass is 9.76. The molecular weight excluding hydrogens is 282 g/mol. The number of Topliss-reactive ketones (excluding diaryl/α,β-unsaturated/α-hetero) is 1. The van der Waals surface area contributed by atoms with Crippen LogP contribution in [-0.2, 0) is 11.8 Å². The summed E-state index contributed by atoms with van der Waals surface area (Å²) < 4.78 is 0. The van der Waals surface area contributed by atoms with Gasteiger partial charge in [-0.2, -0.15) is 0 Å². The lowest BCUT2D eigenvalue weighted by Crippen LogP contribution is -2.35. The van der Waals surface area contributed by atoms with Crippen LogP contribution >= 0.6 is 0 Å². The molecule has 2 heteroatoms. The van der Waals surface area contributed by atoms with Gasteiger partial charge in [0.2, 0.25) is 0 Å². The number of fused-ring (bicyclic) bond motifs is 1. The van der Waals surface area contributed by atoms with Gasteiger partial charge in [-0.05, 0) is 54.5 Å². The summed E-state index contributed by atoms with van der Waals surface area (Å²) in [6.45, 7) is 9.38. The average molecular weight is 307 g/mol. The molecule has 3 rings (SSSR count). The van der Waals surface area contributed by atoms with Crippen LogP contribution in [0.4, 0.5) is 11.4 Å². The van der Waals surface area contributed by atoms with Gasteiger partial charge in [0.1, 0.15) is 0 Å². The van der Waals surface area contributed by atoms with E-state index in [1.807, 2.05) is 6.07 Å². The van der Waals surface area contributed by atoms with Crippen molar-refractivity contribution in [2.45, 2.75) is 46.0 Å². The van der Waals surface area contributed by atoms with Crippen molar-refractivity contribution in [3.8, 4) is 0 Å². The van der Waals surface area contributed by atoms with E-state index in [-0.39, 0.29) is 11.2 Å². The molecule has 120 valence electrons. The molecule has 0 bridgehead atoms. The summed E-state index contributed by atoms with van der Waals surface area (Å²) in [6.07, 6.45) is 2.00. The number of aryl methyl sites for hydroxylation is 1. The van der Waals surface area contributed by atoms with Crippen LogP contribution in [0.5, 0.6) is 0 Å². The van der Waals surface area contributed by atoms with Crippen LogP contribution in [0.2, 0.25) is 0 Å². The molecule has 0 N–H and O–H groups in total. The van der Waals surface area contributed by atoms with Crippen molar-refractivity contribution >= 4 is 17.2 Å². The first-order chi connectivity index (χ1) is 10.9. The zero-order chi connectivity index (χ0) is 16.6. The molecule has 0 amide bonds. The number of para-hydroxylation sites is 1. The van der Waals surface area contributed by atoms with Crippen LogP contribution in [-0.4, -0.2) is 12.3 Å². The van der Waals surface area contributed by atoms with Crippen molar-refractivity contribution < 1.29 is 4.79 Å². The van der Waals surface area contributed by atoms with Gasteiger partial charge < -0.3 is 4.90 Å². The van der Waals surface area contributed by atoms with Crippen LogP contribution in [0.1, 0.15) is 55.6 Å². The van der Waals surface area contributed by atoms with E-state index in [0.717, 1.165) is 24.9 Å². The number of hydrogen-bond donors (Lipinski definition) is 0. The summed E-state index contributed by atoms with van der Waals surface area (Å²) in [6, 6.07) is 14.8. The average Bonchev–Trinajstić information content (AvgIpc) is 2.54. The van der Waals surface area contributed by atoms with E-state index in [1.54, 1.807) is 6.92 Å². The fraction of sp³-hybridized carbons (Fsp3) is 0.381. The van der Waals surface area contributed by atoms with E-state index >= 15 is 0 Å². The molecule has 0 aliphatic carbocycles. The van der Waals surface area contributed by atoms with E-state index in [2.05, 4.69) is 62.1 Å². The molecule has 0 saturated carbocycles. The largest absolute Gasteiger partial charge is 0.341 e. The van der Waals surface area contributed by atoms with Gasteiger partial charge in [-0.1, -0.05) is 45.0 Å². The lowest BCUT2D eigenvalue weighted by Gasteiger charge is -2.41. The van der Waals surface area contributed by atoms with Gasteiger partial charge in [-0.15, -0.1) is 0 Å². The third-order valence-corrected chi connectivity index (χ3v) is 5.03. The topological polar surface area (TPSA) is 20.3 Å². The third-order valence-electron chi connectivity index (χ3n) is 5.03. The molecule has 0 unspecified atom stereocenters. The number of ketones is 1. The maximum Gasteiger partial charge on any atom is 0.160 e. The Hall–Kier alpha value is -2.09. The number of anilines is 2. The molecule has 2 aromatic rings. The number of carbonyl (C=O) groups excluding carboxylic acids is 1. The Morgan fingerprint density at radius 1 is 1.17 bits per heavy atom. The first-order valence-corrected chi connectivity index (χ1v) is 8.45. The first kappa shape index (κ1) is 15.8. The fourth-order valence-electron chi connectivity index (χ4n) is 3.54. The summed E-state index contributed by atoms with van der Waals surface area (Å²) in [5.74, 6) is 0.154. The summed E-state index contributed by atoms with van der Waals surface area (Å²) >= 11 is 0. The smallest absolute Gasteiger partial charge is 0.160 e. The number of hydrogen-bond acceptors (Lipinski definition) is 2. The number of rotatable bonds is 3. The Bertz CT molecular complexity index is 731. The predicted octanol–water partition coefficient (Wildman–Crippen LogP) is 5.27. The summed E-state index contributed by atoms with van der Waals surface area (Å²) in [7, 11) is 0. The second-order valence-corrected chi connectivity index (χ2v) is 7.06. The van der Waals surface area contributed by atoms with Gasteiger partial charge in [0, 0.05) is 23.5 Å². The van der Waals surface area contributed by atoms with E-state index in [1.165, 1.54) is 22.5 Å². The van der Waals surface area contributed by atoms with Crippen molar-refractivity contribution in [3.05, 3.63) is 59.2 Å². The van der Waals surface area contributed by atoms with E-state index in [9.17, 15) is 4.79 Å². The molecule has 0 aromatic heterocycles. The van der Waals surface area contributed by atoms with Crippen LogP contribution in [0.15, 0.2) is 42.5 Å². The quantitative estimate of drug-likeness (QED) is 0.720. The van der Waals surface area contributed by atoms with Gasteiger partial charge in [0.25, 0.3) is 0 Å². The van der Waals surface area contributed by atoms with Gasteiger partial charge in [-0.3, -0.25) is 4.79 Å². The van der Waals surface area contributed by atoms with Gasteiger partial charge in [-0.25, -0.2) is 0 Å². The molecule has 0 saturated heterocycles. The highest BCUT2D eigenvalue weighted by Gasteiger charge is 2.33. The molecule has 1 heterocycles. The van der Waals surface area contributed by atoms with Crippen molar-refractivity contribution in [2.75, 3.05) is 11.4 Å².